The van der Waals surface area contributed by atoms with Crippen LogP contribution in [0.15, 0.2) is 53.4 Å². The maximum atomic E-state index is 12.5. The summed E-state index contributed by atoms with van der Waals surface area (Å²) < 4.78 is 5.58. The molecule has 28 heavy (non-hydrogen) atoms. The van der Waals surface area contributed by atoms with Gasteiger partial charge in [-0.1, -0.05) is 35.5 Å². The van der Waals surface area contributed by atoms with Crippen LogP contribution in [0.4, 0.5) is 0 Å². The first-order valence-corrected chi connectivity index (χ1v) is 9.28. The zero-order valence-corrected chi connectivity index (χ0v) is 15.5. The van der Waals surface area contributed by atoms with Gasteiger partial charge in [-0.2, -0.15) is 4.98 Å². The predicted octanol–water partition coefficient (Wildman–Crippen LogP) is 2.05. The van der Waals surface area contributed by atoms with Crippen LogP contribution < -0.4 is 0 Å². The topological polar surface area (TPSA) is 88.3 Å². The average Bonchev–Trinajstić information content (AvgIpc) is 3.32. The number of nitrogens with zero attached hydrogens (tertiary/aromatic N) is 6. The van der Waals surface area contributed by atoms with E-state index in [1.165, 1.54) is 6.33 Å². The highest BCUT2D eigenvalue weighted by Crippen LogP contribution is 2.47. The van der Waals surface area contributed by atoms with E-state index in [2.05, 4.69) is 32.1 Å². The molecule has 2 aliphatic heterocycles. The lowest BCUT2D eigenvalue weighted by Gasteiger charge is -2.47. The third-order valence-corrected chi connectivity index (χ3v) is 5.64. The zero-order chi connectivity index (χ0) is 19.1. The summed E-state index contributed by atoms with van der Waals surface area (Å²) in [7, 11) is 2.07. The van der Waals surface area contributed by atoms with Crippen molar-refractivity contribution < 1.29 is 9.32 Å². The van der Waals surface area contributed by atoms with Crippen molar-refractivity contribution in [2.75, 3.05) is 26.7 Å². The van der Waals surface area contributed by atoms with Gasteiger partial charge in [0.25, 0.3) is 5.91 Å². The molecule has 1 amide bonds. The standard InChI is InChI=1S/C20H20N6O2/c1-25-10-20(11-26(12-20)19(27)15-7-8-21-13-22-15)9-16(25)18-23-17(24-28-18)14-5-3-2-4-6-14/h2-8,13,16H,9-12H2,1H3/t16-/m0/s1. The van der Waals surface area contributed by atoms with Gasteiger partial charge in [0.1, 0.15) is 12.0 Å². The van der Waals surface area contributed by atoms with Gasteiger partial charge in [0.15, 0.2) is 0 Å². The molecule has 0 N–H and O–H groups in total. The highest BCUT2D eigenvalue weighted by atomic mass is 16.5. The maximum absolute atomic E-state index is 12.5. The van der Waals surface area contributed by atoms with Gasteiger partial charge in [-0.15, -0.1) is 0 Å². The van der Waals surface area contributed by atoms with Gasteiger partial charge in [-0.25, -0.2) is 9.97 Å². The molecule has 0 bridgehead atoms. The number of amides is 1. The second-order valence-corrected chi connectivity index (χ2v) is 7.71. The Balaban J connectivity index is 1.28. The summed E-state index contributed by atoms with van der Waals surface area (Å²) in [6, 6.07) is 11.5. The number of hydrogen-bond acceptors (Lipinski definition) is 7. The highest BCUT2D eigenvalue weighted by Gasteiger charge is 2.53. The highest BCUT2D eigenvalue weighted by molar-refractivity contribution is 5.92. The average molecular weight is 376 g/mol. The first kappa shape index (κ1) is 17.0. The molecule has 8 heteroatoms. The monoisotopic (exact) mass is 376 g/mol. The fraction of sp³-hybridized carbons (Fsp3) is 0.350. The van der Waals surface area contributed by atoms with Crippen molar-refractivity contribution in [2.24, 2.45) is 5.41 Å². The largest absolute Gasteiger partial charge is 0.337 e. The molecule has 0 saturated carbocycles. The van der Waals surface area contributed by atoms with Crippen LogP contribution in [-0.4, -0.2) is 62.5 Å². The minimum absolute atomic E-state index is 0.0386. The number of benzene rings is 1. The Labute approximate surface area is 162 Å². The molecule has 1 atom stereocenters. The fourth-order valence-electron chi connectivity index (χ4n) is 4.34. The van der Waals surface area contributed by atoms with Crippen molar-refractivity contribution in [3.05, 3.63) is 60.5 Å². The van der Waals surface area contributed by atoms with Crippen LogP contribution in [0.25, 0.3) is 11.4 Å². The van der Waals surface area contributed by atoms with E-state index in [4.69, 9.17) is 4.52 Å². The Kier molecular flexibility index (Phi) is 3.94. The van der Waals surface area contributed by atoms with Crippen molar-refractivity contribution in [1.82, 2.24) is 29.9 Å². The van der Waals surface area contributed by atoms with Crippen molar-refractivity contribution in [2.45, 2.75) is 12.5 Å². The third kappa shape index (κ3) is 2.86. The molecule has 5 rings (SSSR count). The number of rotatable bonds is 3. The van der Waals surface area contributed by atoms with E-state index in [9.17, 15) is 4.79 Å². The Bertz CT molecular complexity index is 984. The van der Waals surface area contributed by atoms with Crippen LogP contribution >= 0.6 is 0 Å². The summed E-state index contributed by atoms with van der Waals surface area (Å²) >= 11 is 0. The van der Waals surface area contributed by atoms with Gasteiger partial charge < -0.3 is 9.42 Å². The van der Waals surface area contributed by atoms with Crippen LogP contribution in [0.1, 0.15) is 28.8 Å². The minimum atomic E-state index is -0.0386. The van der Waals surface area contributed by atoms with E-state index in [1.807, 2.05) is 35.2 Å². The second-order valence-electron chi connectivity index (χ2n) is 7.71. The van der Waals surface area contributed by atoms with E-state index in [1.54, 1.807) is 12.3 Å². The van der Waals surface area contributed by atoms with Gasteiger partial charge in [-0.3, -0.25) is 9.69 Å². The molecule has 0 unspecified atom stereocenters. The second kappa shape index (κ2) is 6.49. The van der Waals surface area contributed by atoms with Crippen LogP contribution in [0.2, 0.25) is 0 Å². The molecular formula is C20H20N6O2. The van der Waals surface area contributed by atoms with Gasteiger partial charge in [0.2, 0.25) is 11.7 Å². The summed E-state index contributed by atoms with van der Waals surface area (Å²) in [6.07, 6.45) is 3.89. The van der Waals surface area contributed by atoms with Crippen LogP contribution in [0, 0.1) is 5.41 Å². The fourth-order valence-corrected chi connectivity index (χ4v) is 4.34. The quantitative estimate of drug-likeness (QED) is 0.691. The van der Waals surface area contributed by atoms with E-state index in [-0.39, 0.29) is 17.4 Å². The molecule has 8 nitrogen and oxygen atoms in total. The van der Waals surface area contributed by atoms with Gasteiger partial charge >= 0.3 is 0 Å². The molecule has 0 radical (unpaired) electrons. The summed E-state index contributed by atoms with van der Waals surface area (Å²) in [5.74, 6) is 1.21. The number of likely N-dealkylation sites (tertiary alicyclic amines) is 2. The molecule has 2 fully saturated rings. The van der Waals surface area contributed by atoms with Gasteiger partial charge in [0.05, 0.1) is 6.04 Å². The lowest BCUT2D eigenvalue weighted by atomic mass is 9.77. The van der Waals surface area contributed by atoms with E-state index < -0.39 is 0 Å². The molecule has 2 aliphatic rings. The molecule has 1 spiro atoms. The molecule has 1 aromatic carbocycles. The zero-order valence-electron chi connectivity index (χ0n) is 15.5. The van der Waals surface area contributed by atoms with Gasteiger partial charge in [0, 0.05) is 36.8 Å². The number of carbonyl (C=O) groups is 1. The van der Waals surface area contributed by atoms with Crippen LogP contribution in [0.5, 0.6) is 0 Å². The van der Waals surface area contributed by atoms with E-state index >= 15 is 0 Å². The summed E-state index contributed by atoms with van der Waals surface area (Å²) in [5, 5.41) is 4.15. The Morgan fingerprint density at radius 3 is 2.75 bits per heavy atom. The SMILES string of the molecule is CN1CC2(C[C@H]1c1nc(-c3ccccc3)no1)CN(C(=O)c1ccncn1)C2. The molecule has 142 valence electrons. The smallest absolute Gasteiger partial charge is 0.272 e. The van der Waals surface area contributed by atoms with Gasteiger partial charge in [-0.05, 0) is 19.5 Å². The van der Waals surface area contributed by atoms with Crippen molar-refractivity contribution in [3.8, 4) is 11.4 Å². The molecular weight excluding hydrogens is 356 g/mol. The third-order valence-electron chi connectivity index (χ3n) is 5.64. The Hall–Kier alpha value is -3.13. The van der Waals surface area contributed by atoms with Crippen LogP contribution in [-0.2, 0) is 0 Å². The normalized spacial score (nSPS) is 21.0. The number of hydrogen-bond donors (Lipinski definition) is 0. The van der Waals surface area contributed by atoms with Crippen molar-refractivity contribution >= 4 is 5.91 Å². The number of aromatic nitrogens is 4. The Morgan fingerprint density at radius 1 is 1.18 bits per heavy atom. The molecule has 3 aromatic rings. The van der Waals surface area contributed by atoms with E-state index in [0.717, 1.165) is 31.6 Å². The summed E-state index contributed by atoms with van der Waals surface area (Å²) in [5.41, 5.74) is 1.46. The van der Waals surface area contributed by atoms with E-state index in [0.29, 0.717) is 17.4 Å². The lowest BCUT2D eigenvalue weighted by Crippen LogP contribution is -2.59. The first-order chi connectivity index (χ1) is 13.6. The molecule has 2 saturated heterocycles. The molecule has 0 aliphatic carbocycles. The van der Waals surface area contributed by atoms with Crippen molar-refractivity contribution in [1.29, 1.82) is 0 Å². The van der Waals surface area contributed by atoms with Crippen LogP contribution in [0.3, 0.4) is 0 Å². The maximum Gasteiger partial charge on any atom is 0.272 e. The molecule has 4 heterocycles. The summed E-state index contributed by atoms with van der Waals surface area (Å²) in [4.78, 5) is 29.2. The predicted molar refractivity (Wildman–Crippen MR) is 100 cm³/mol. The minimum Gasteiger partial charge on any atom is -0.337 e. The molecule has 2 aromatic heterocycles. The lowest BCUT2D eigenvalue weighted by molar-refractivity contribution is 0.0110. The Morgan fingerprint density at radius 2 is 2.00 bits per heavy atom. The summed E-state index contributed by atoms with van der Waals surface area (Å²) in [6.45, 7) is 2.33. The van der Waals surface area contributed by atoms with Crippen molar-refractivity contribution in [3.63, 3.8) is 0 Å². The number of carbonyl (C=O) groups excluding carboxylic acids is 1. The first-order valence-electron chi connectivity index (χ1n) is 9.28.